The molecule has 0 bridgehead atoms. The monoisotopic (exact) mass is 311 g/mol. The molecule has 0 aliphatic rings. The topological polar surface area (TPSA) is 26.8 Å². The summed E-state index contributed by atoms with van der Waals surface area (Å²) in [4.78, 5) is 21.0. The average molecular weight is 311 g/mol. The highest BCUT2D eigenvalue weighted by molar-refractivity contribution is 7.13. The minimum absolute atomic E-state index is 0.186. The maximum absolute atomic E-state index is 12.6. The van der Waals surface area contributed by atoms with Gasteiger partial charge in [-0.3, -0.25) is 4.79 Å². The zero-order chi connectivity index (χ0) is 15.8. The Bertz CT molecular complexity index is 415. The fourth-order valence-electron chi connectivity index (χ4n) is 2.18. The van der Waals surface area contributed by atoms with E-state index in [-0.39, 0.29) is 5.91 Å². The number of aryl methyl sites for hydroxylation is 1. The first-order valence-electron chi connectivity index (χ1n) is 7.55. The molecule has 1 rings (SSSR count). The summed E-state index contributed by atoms with van der Waals surface area (Å²) in [6.07, 6.45) is 2.04. The molecular formula is C16H29N3OS. The molecule has 1 aromatic rings. The van der Waals surface area contributed by atoms with Crippen LogP contribution >= 0.6 is 11.3 Å². The van der Waals surface area contributed by atoms with Crippen molar-refractivity contribution >= 4 is 17.2 Å². The molecule has 0 fully saturated rings. The van der Waals surface area contributed by atoms with Gasteiger partial charge in [0.15, 0.2) is 0 Å². The zero-order valence-electron chi connectivity index (χ0n) is 14.1. The molecule has 120 valence electrons. The van der Waals surface area contributed by atoms with Crippen LogP contribution in [0.25, 0.3) is 0 Å². The summed E-state index contributed by atoms with van der Waals surface area (Å²) >= 11 is 1.59. The molecule has 4 nitrogen and oxygen atoms in total. The van der Waals surface area contributed by atoms with Gasteiger partial charge in [-0.25, -0.2) is 0 Å². The maximum Gasteiger partial charge on any atom is 0.263 e. The van der Waals surface area contributed by atoms with Crippen molar-refractivity contribution < 1.29 is 4.79 Å². The van der Waals surface area contributed by atoms with Gasteiger partial charge < -0.3 is 14.7 Å². The second-order valence-corrected chi connectivity index (χ2v) is 7.30. The minimum atomic E-state index is 0.186. The fraction of sp³-hybridized carbons (Fsp3) is 0.688. The molecule has 0 N–H and O–H groups in total. The predicted octanol–water partition coefficient (Wildman–Crippen LogP) is 2.40. The quantitative estimate of drug-likeness (QED) is 0.701. The van der Waals surface area contributed by atoms with Crippen molar-refractivity contribution in [2.24, 2.45) is 0 Å². The maximum atomic E-state index is 12.6. The molecule has 0 saturated carbocycles. The van der Waals surface area contributed by atoms with Gasteiger partial charge in [-0.2, -0.15) is 0 Å². The lowest BCUT2D eigenvalue weighted by atomic mass is 10.3. The second kappa shape index (κ2) is 9.18. The van der Waals surface area contributed by atoms with Gasteiger partial charge in [-0.1, -0.05) is 0 Å². The summed E-state index contributed by atoms with van der Waals surface area (Å²) in [5.41, 5.74) is 0. The van der Waals surface area contributed by atoms with E-state index >= 15 is 0 Å². The Morgan fingerprint density at radius 1 is 0.952 bits per heavy atom. The van der Waals surface area contributed by atoms with E-state index in [1.807, 2.05) is 24.0 Å². The minimum Gasteiger partial charge on any atom is -0.338 e. The molecule has 0 aliphatic heterocycles. The number of hydrogen-bond acceptors (Lipinski definition) is 4. The highest BCUT2D eigenvalue weighted by Gasteiger charge is 2.16. The van der Waals surface area contributed by atoms with E-state index in [1.165, 1.54) is 4.88 Å². The Balaban J connectivity index is 2.59. The molecule has 21 heavy (non-hydrogen) atoms. The van der Waals surface area contributed by atoms with E-state index in [9.17, 15) is 4.79 Å². The first-order chi connectivity index (χ1) is 9.90. The SMILES string of the molecule is Cc1ccc(C(=O)N(CCCN(C)C)CCCN(C)C)s1. The Morgan fingerprint density at radius 3 is 1.86 bits per heavy atom. The van der Waals surface area contributed by atoms with Gasteiger partial charge in [0, 0.05) is 18.0 Å². The van der Waals surface area contributed by atoms with E-state index in [2.05, 4.69) is 38.0 Å². The third kappa shape index (κ3) is 7.07. The van der Waals surface area contributed by atoms with Crippen LogP contribution in [-0.2, 0) is 0 Å². The number of thiophene rings is 1. The van der Waals surface area contributed by atoms with E-state index < -0.39 is 0 Å². The van der Waals surface area contributed by atoms with Crippen molar-refractivity contribution in [1.82, 2.24) is 14.7 Å². The van der Waals surface area contributed by atoms with Gasteiger partial charge in [0.05, 0.1) is 4.88 Å². The second-order valence-electron chi connectivity index (χ2n) is 6.02. The van der Waals surface area contributed by atoms with Gasteiger partial charge >= 0.3 is 0 Å². The molecule has 0 atom stereocenters. The molecule has 0 unspecified atom stereocenters. The van der Waals surface area contributed by atoms with Crippen LogP contribution in [0.5, 0.6) is 0 Å². The first-order valence-corrected chi connectivity index (χ1v) is 8.37. The summed E-state index contributed by atoms with van der Waals surface area (Å²) in [6.45, 7) is 5.74. The van der Waals surface area contributed by atoms with Crippen molar-refractivity contribution in [3.63, 3.8) is 0 Å². The molecule has 0 radical (unpaired) electrons. The predicted molar refractivity (Wildman–Crippen MR) is 91.3 cm³/mol. The Kier molecular flexibility index (Phi) is 7.93. The van der Waals surface area contributed by atoms with E-state index in [0.717, 1.165) is 43.9 Å². The number of carbonyl (C=O) groups excluding carboxylic acids is 1. The van der Waals surface area contributed by atoms with Crippen molar-refractivity contribution in [2.45, 2.75) is 19.8 Å². The number of amides is 1. The van der Waals surface area contributed by atoms with Crippen LogP contribution in [0.3, 0.4) is 0 Å². The zero-order valence-corrected chi connectivity index (χ0v) is 14.9. The van der Waals surface area contributed by atoms with Crippen LogP contribution in [0, 0.1) is 6.92 Å². The molecule has 0 saturated heterocycles. The van der Waals surface area contributed by atoms with E-state index in [1.54, 1.807) is 11.3 Å². The summed E-state index contributed by atoms with van der Waals surface area (Å²) in [7, 11) is 8.28. The third-order valence-corrected chi connectivity index (χ3v) is 4.29. The smallest absolute Gasteiger partial charge is 0.263 e. The standard InChI is InChI=1S/C16H29N3OS/c1-14-8-9-15(21-14)16(20)19(12-6-10-17(2)3)13-7-11-18(4)5/h8-9H,6-7,10-13H2,1-5H3. The average Bonchev–Trinajstić information content (AvgIpc) is 2.82. The van der Waals surface area contributed by atoms with E-state index in [4.69, 9.17) is 0 Å². The highest BCUT2D eigenvalue weighted by Crippen LogP contribution is 2.17. The van der Waals surface area contributed by atoms with Crippen LogP contribution in [0.1, 0.15) is 27.4 Å². The molecule has 0 aromatic carbocycles. The Morgan fingerprint density at radius 2 is 1.48 bits per heavy atom. The van der Waals surface area contributed by atoms with Crippen LogP contribution in [-0.4, -0.2) is 75.0 Å². The number of hydrogen-bond donors (Lipinski definition) is 0. The Hall–Kier alpha value is -0.910. The van der Waals surface area contributed by atoms with Crippen molar-refractivity contribution in [3.05, 3.63) is 21.9 Å². The molecular weight excluding hydrogens is 282 g/mol. The lowest BCUT2D eigenvalue weighted by Gasteiger charge is -2.24. The van der Waals surface area contributed by atoms with Gasteiger partial charge in [-0.15, -0.1) is 11.3 Å². The van der Waals surface area contributed by atoms with Crippen molar-refractivity contribution in [2.75, 3.05) is 54.4 Å². The summed E-state index contributed by atoms with van der Waals surface area (Å²) in [5.74, 6) is 0.186. The summed E-state index contributed by atoms with van der Waals surface area (Å²) in [5, 5.41) is 0. The van der Waals surface area contributed by atoms with Crippen molar-refractivity contribution in [1.29, 1.82) is 0 Å². The van der Waals surface area contributed by atoms with Gasteiger partial charge in [0.2, 0.25) is 0 Å². The molecule has 1 amide bonds. The number of carbonyl (C=O) groups is 1. The normalized spacial score (nSPS) is 11.4. The van der Waals surface area contributed by atoms with Crippen LogP contribution in [0.4, 0.5) is 0 Å². The van der Waals surface area contributed by atoms with Gasteiger partial charge in [0.25, 0.3) is 5.91 Å². The van der Waals surface area contributed by atoms with Crippen molar-refractivity contribution in [3.8, 4) is 0 Å². The lowest BCUT2D eigenvalue weighted by molar-refractivity contribution is 0.0749. The van der Waals surface area contributed by atoms with Crippen LogP contribution in [0.15, 0.2) is 12.1 Å². The fourth-order valence-corrected chi connectivity index (χ4v) is 3.01. The molecule has 0 aliphatic carbocycles. The Labute approximate surface area is 133 Å². The lowest BCUT2D eigenvalue weighted by Crippen LogP contribution is -2.35. The molecule has 1 aromatic heterocycles. The molecule has 5 heteroatoms. The van der Waals surface area contributed by atoms with Crippen LogP contribution < -0.4 is 0 Å². The molecule has 0 spiro atoms. The van der Waals surface area contributed by atoms with Gasteiger partial charge in [-0.05, 0) is 73.2 Å². The largest absolute Gasteiger partial charge is 0.338 e. The molecule has 1 heterocycles. The third-order valence-electron chi connectivity index (χ3n) is 3.31. The number of rotatable bonds is 9. The first kappa shape index (κ1) is 18.1. The van der Waals surface area contributed by atoms with E-state index in [0.29, 0.717) is 0 Å². The number of nitrogens with zero attached hydrogens (tertiary/aromatic N) is 3. The van der Waals surface area contributed by atoms with Gasteiger partial charge in [0.1, 0.15) is 0 Å². The summed E-state index contributed by atoms with van der Waals surface area (Å²) < 4.78 is 0. The van der Waals surface area contributed by atoms with Crippen LogP contribution in [0.2, 0.25) is 0 Å². The highest BCUT2D eigenvalue weighted by atomic mass is 32.1. The summed E-state index contributed by atoms with van der Waals surface area (Å²) in [6, 6.07) is 3.98.